The first-order chi connectivity index (χ1) is 14.9. The van der Waals surface area contributed by atoms with Crippen LogP contribution in [-0.4, -0.2) is 37.7 Å². The van der Waals surface area contributed by atoms with Crippen LogP contribution in [-0.2, 0) is 18.5 Å². The van der Waals surface area contributed by atoms with Gasteiger partial charge in [0, 0.05) is 34.8 Å². The molecule has 0 atom stereocenters. The molecular formula is C23H27N7O. The van der Waals surface area contributed by atoms with Crippen LogP contribution in [0.15, 0.2) is 30.6 Å². The lowest BCUT2D eigenvalue weighted by atomic mass is 9.99. The summed E-state index contributed by atoms with van der Waals surface area (Å²) in [4.78, 5) is 24.9. The van der Waals surface area contributed by atoms with Crippen molar-refractivity contribution in [2.45, 2.75) is 58.2 Å². The Morgan fingerprint density at radius 1 is 1.23 bits per heavy atom. The fourth-order valence-electron chi connectivity index (χ4n) is 4.12. The summed E-state index contributed by atoms with van der Waals surface area (Å²) in [5, 5.41) is 11.5. The number of rotatable bonds is 6. The molecule has 1 N–H and O–H groups in total. The van der Waals surface area contributed by atoms with E-state index in [2.05, 4.69) is 36.3 Å². The number of carbonyl (C=O) groups is 1. The lowest BCUT2D eigenvalue weighted by Crippen LogP contribution is -2.24. The topological polar surface area (TPSA) is 88.8 Å². The highest BCUT2D eigenvalue weighted by atomic mass is 16.2. The van der Waals surface area contributed by atoms with Gasteiger partial charge in [0.2, 0.25) is 0 Å². The summed E-state index contributed by atoms with van der Waals surface area (Å²) in [7, 11) is 1.91. The number of carbonyl (C=O) groups excluding carboxylic acids is 1. The molecule has 4 heterocycles. The monoisotopic (exact) mass is 417 g/mol. The molecule has 8 heteroatoms. The molecule has 5 rings (SSSR count). The van der Waals surface area contributed by atoms with Gasteiger partial charge in [0.25, 0.3) is 5.91 Å². The van der Waals surface area contributed by atoms with Gasteiger partial charge in [-0.25, -0.2) is 4.98 Å². The molecule has 1 fully saturated rings. The average molecular weight is 418 g/mol. The van der Waals surface area contributed by atoms with Crippen LogP contribution in [0.1, 0.15) is 67.0 Å². The molecule has 0 radical (unpaired) electrons. The highest BCUT2D eigenvalue weighted by molar-refractivity contribution is 6.09. The Hall–Kier alpha value is -3.13. The molecule has 1 saturated carbocycles. The molecule has 8 nitrogen and oxygen atoms in total. The Labute approximate surface area is 181 Å². The van der Waals surface area contributed by atoms with Crippen LogP contribution >= 0.6 is 0 Å². The number of hydrogen-bond donors (Lipinski definition) is 1. The van der Waals surface area contributed by atoms with Crippen LogP contribution in [0.3, 0.4) is 0 Å². The molecule has 0 bridgehead atoms. The van der Waals surface area contributed by atoms with Gasteiger partial charge in [-0.15, -0.1) is 10.2 Å². The highest BCUT2D eigenvalue weighted by Gasteiger charge is 2.43. The van der Waals surface area contributed by atoms with E-state index in [0.717, 1.165) is 35.4 Å². The summed E-state index contributed by atoms with van der Waals surface area (Å²) < 4.78 is 1.98. The molecule has 2 aliphatic rings. The van der Waals surface area contributed by atoms with Gasteiger partial charge in [-0.05, 0) is 51.9 Å². The van der Waals surface area contributed by atoms with Crippen molar-refractivity contribution in [2.24, 2.45) is 0 Å². The van der Waals surface area contributed by atoms with Crippen LogP contribution in [0.5, 0.6) is 0 Å². The van der Waals surface area contributed by atoms with Crippen LogP contribution in [0.2, 0.25) is 0 Å². The molecule has 3 aromatic heterocycles. The zero-order valence-corrected chi connectivity index (χ0v) is 18.4. The lowest BCUT2D eigenvalue weighted by molar-refractivity contribution is 0.0996. The average Bonchev–Trinajstić information content (AvgIpc) is 3.19. The van der Waals surface area contributed by atoms with Gasteiger partial charge in [-0.3, -0.25) is 14.7 Å². The van der Waals surface area contributed by atoms with E-state index < -0.39 is 0 Å². The second-order valence-electron chi connectivity index (χ2n) is 9.00. The number of nitrogens with one attached hydrogen (secondary N) is 1. The molecular weight excluding hydrogens is 390 g/mol. The summed E-state index contributed by atoms with van der Waals surface area (Å²) >= 11 is 0. The third kappa shape index (κ3) is 3.31. The molecule has 0 saturated heterocycles. The van der Waals surface area contributed by atoms with E-state index in [4.69, 9.17) is 9.97 Å². The number of nitrogens with zero attached hydrogens (tertiary/aromatic N) is 6. The molecule has 3 aromatic rings. The Morgan fingerprint density at radius 2 is 2.03 bits per heavy atom. The van der Waals surface area contributed by atoms with E-state index >= 15 is 0 Å². The van der Waals surface area contributed by atoms with Crippen LogP contribution in [0, 0.1) is 0 Å². The number of pyridine rings is 2. The first-order valence-electron chi connectivity index (χ1n) is 10.8. The first-order valence-corrected chi connectivity index (χ1v) is 10.8. The van der Waals surface area contributed by atoms with Crippen molar-refractivity contribution < 1.29 is 4.79 Å². The Morgan fingerprint density at radius 3 is 2.74 bits per heavy atom. The predicted octanol–water partition coefficient (Wildman–Crippen LogP) is 3.25. The fraction of sp³-hybridized carbons (Fsp3) is 0.435. The number of aromatic nitrogens is 5. The Bertz CT molecular complexity index is 1160. The van der Waals surface area contributed by atoms with E-state index in [1.54, 1.807) is 11.2 Å². The molecule has 1 aliphatic heterocycles. The smallest absolute Gasteiger partial charge is 0.260 e. The van der Waals surface area contributed by atoms with Gasteiger partial charge < -0.3 is 9.88 Å². The molecule has 31 heavy (non-hydrogen) atoms. The summed E-state index contributed by atoms with van der Waals surface area (Å²) in [5.74, 6) is 1.30. The van der Waals surface area contributed by atoms with E-state index in [9.17, 15) is 4.79 Å². The van der Waals surface area contributed by atoms with Crippen molar-refractivity contribution in [1.29, 1.82) is 0 Å². The minimum Gasteiger partial charge on any atom is -0.314 e. The van der Waals surface area contributed by atoms with Crippen molar-refractivity contribution in [3.63, 3.8) is 0 Å². The molecule has 0 unspecified atom stereocenters. The third-order valence-corrected chi connectivity index (χ3v) is 6.33. The van der Waals surface area contributed by atoms with Gasteiger partial charge in [-0.2, -0.15) is 0 Å². The van der Waals surface area contributed by atoms with E-state index in [0.29, 0.717) is 30.4 Å². The van der Waals surface area contributed by atoms with Gasteiger partial charge >= 0.3 is 0 Å². The maximum Gasteiger partial charge on any atom is 0.260 e. The predicted molar refractivity (Wildman–Crippen MR) is 118 cm³/mol. The maximum absolute atomic E-state index is 13.4. The van der Waals surface area contributed by atoms with Gasteiger partial charge in [-0.1, -0.05) is 13.0 Å². The highest BCUT2D eigenvalue weighted by Crippen LogP contribution is 2.47. The first kappa shape index (κ1) is 19.8. The van der Waals surface area contributed by atoms with Crippen LogP contribution in [0.4, 0.5) is 5.82 Å². The quantitative estimate of drug-likeness (QED) is 0.662. The number of hydrogen-bond acceptors (Lipinski definition) is 6. The minimum absolute atomic E-state index is 0.0183. The molecule has 0 spiro atoms. The maximum atomic E-state index is 13.4. The van der Waals surface area contributed by atoms with Gasteiger partial charge in [0.15, 0.2) is 5.82 Å². The van der Waals surface area contributed by atoms with Crippen molar-refractivity contribution in [2.75, 3.05) is 11.9 Å². The minimum atomic E-state index is -0.0183. The molecule has 1 aliphatic carbocycles. The van der Waals surface area contributed by atoms with Crippen molar-refractivity contribution >= 4 is 11.7 Å². The Balaban J connectivity index is 1.53. The van der Waals surface area contributed by atoms with E-state index in [1.807, 2.05) is 35.9 Å². The number of amides is 1. The summed E-state index contributed by atoms with van der Waals surface area (Å²) in [6.45, 7) is 7.48. The fourth-order valence-corrected chi connectivity index (χ4v) is 4.12. The zero-order valence-electron chi connectivity index (χ0n) is 18.4. The van der Waals surface area contributed by atoms with Gasteiger partial charge in [0.1, 0.15) is 17.8 Å². The van der Waals surface area contributed by atoms with Crippen molar-refractivity contribution in [3.05, 3.63) is 53.1 Å². The third-order valence-electron chi connectivity index (χ3n) is 6.33. The van der Waals surface area contributed by atoms with Crippen LogP contribution < -0.4 is 10.2 Å². The molecule has 0 aromatic carbocycles. The summed E-state index contributed by atoms with van der Waals surface area (Å²) in [5.41, 5.74) is 4.52. The summed E-state index contributed by atoms with van der Waals surface area (Å²) in [6.07, 6.45) is 3.95. The Kier molecular flexibility index (Phi) is 4.62. The lowest BCUT2D eigenvalue weighted by Gasteiger charge is -2.16. The molecule has 160 valence electrons. The largest absolute Gasteiger partial charge is 0.314 e. The number of fused-ring (bicyclic) bond motifs is 1. The SMILES string of the molecule is CNCc1nc(C2(C)CC2)cc2c1CN(c1cccc(-c3nncn3C(C)C)n1)C2=O. The standard InChI is InChI=1S/C23H27N7O/c1-14(2)30-13-25-28-21(30)17-6-5-7-20(27-17)29-12-16-15(22(29)31)10-19(23(3)8-9-23)26-18(16)11-24-4/h5-7,10,13-14,24H,8-9,11-12H2,1-4H3. The molecule has 1 amide bonds. The second-order valence-corrected chi connectivity index (χ2v) is 9.00. The van der Waals surface area contributed by atoms with E-state index in [-0.39, 0.29) is 17.4 Å². The van der Waals surface area contributed by atoms with E-state index in [1.165, 1.54) is 0 Å². The van der Waals surface area contributed by atoms with Crippen LogP contribution in [0.25, 0.3) is 11.5 Å². The van der Waals surface area contributed by atoms with Crippen molar-refractivity contribution in [1.82, 2.24) is 30.0 Å². The van der Waals surface area contributed by atoms with Gasteiger partial charge in [0.05, 0.1) is 12.2 Å². The number of anilines is 1. The van der Waals surface area contributed by atoms with Crippen molar-refractivity contribution in [3.8, 4) is 11.5 Å². The summed E-state index contributed by atoms with van der Waals surface area (Å²) in [6, 6.07) is 7.91. The normalized spacial score (nSPS) is 16.8. The zero-order chi connectivity index (χ0) is 21.8. The second kappa shape index (κ2) is 7.23.